The van der Waals surface area contributed by atoms with E-state index in [9.17, 15) is 14.7 Å². The minimum Gasteiger partial charge on any atom is -0.550 e. The van der Waals surface area contributed by atoms with Gasteiger partial charge in [-0.3, -0.25) is 4.79 Å². The minimum absolute atomic E-state index is 0. The van der Waals surface area contributed by atoms with Crippen LogP contribution in [0.15, 0.2) is 72.8 Å². The summed E-state index contributed by atoms with van der Waals surface area (Å²) in [6.07, 6.45) is -0.0863. The average molecular weight is 489 g/mol. The summed E-state index contributed by atoms with van der Waals surface area (Å²) in [7, 11) is -5.03. The van der Waals surface area contributed by atoms with Gasteiger partial charge in [0.15, 0.2) is 0 Å². The van der Waals surface area contributed by atoms with E-state index >= 15 is 0 Å². The van der Waals surface area contributed by atoms with Gasteiger partial charge in [-0.25, -0.2) is 0 Å². The Hall–Kier alpha value is -3.06. The van der Waals surface area contributed by atoms with E-state index in [0.717, 1.165) is 21.7 Å². The topological polar surface area (TPSA) is 84.9 Å². The standard InChI is InChI=1S/C15H16O3.C13H12O3.Na/c1-3-18-15(16)9-12-6-4-5-11-7-8-13(17-2)10-14(11)12;1-16-11-6-5-9-3-2-4-10(7-13(14)15)12(9)8-11;/h4-8,10H,3,9H2,1-2H3;2-6,8H,7H2,1H3,(H,14,15);/q;;+1/p-1/i2D3;1D3;. The number of ether oxygens (including phenoxy) is 3. The fourth-order valence-electron chi connectivity index (χ4n) is 3.59. The van der Waals surface area contributed by atoms with Crippen LogP contribution >= 0.6 is 0 Å². The van der Waals surface area contributed by atoms with Crippen LogP contribution in [0.4, 0.5) is 0 Å². The smallest absolute Gasteiger partial charge is 0.550 e. The van der Waals surface area contributed by atoms with Crippen molar-refractivity contribution in [3.05, 3.63) is 83.9 Å². The molecule has 7 heteroatoms. The molecule has 0 aliphatic rings. The number of carboxylic acid groups (broad SMARTS) is 1. The van der Waals surface area contributed by atoms with Crippen LogP contribution in [0, 0.1) is 0 Å². The van der Waals surface area contributed by atoms with Crippen molar-refractivity contribution in [2.24, 2.45) is 0 Å². The van der Waals surface area contributed by atoms with Crippen molar-refractivity contribution in [1.29, 1.82) is 0 Å². The molecule has 0 atom stereocenters. The zero-order chi connectivity index (χ0) is 29.5. The van der Waals surface area contributed by atoms with Gasteiger partial charge >= 0.3 is 35.5 Å². The monoisotopic (exact) mass is 488 g/mol. The first-order valence-electron chi connectivity index (χ1n) is 13.5. The molecule has 0 N–H and O–H groups in total. The Balaban J connectivity index is 0.000000281. The zero-order valence-corrected chi connectivity index (χ0v) is 21.5. The molecule has 0 spiro atoms. The number of carbonyl (C=O) groups is 2. The van der Waals surface area contributed by atoms with Crippen LogP contribution in [-0.2, 0) is 27.2 Å². The van der Waals surface area contributed by atoms with Gasteiger partial charge in [0.2, 0.25) is 0 Å². The largest absolute Gasteiger partial charge is 1.00 e. The minimum atomic E-state index is -2.53. The van der Waals surface area contributed by atoms with E-state index in [-0.39, 0.29) is 59.9 Å². The number of fused-ring (bicyclic) bond motifs is 2. The Morgan fingerprint density at radius 1 is 0.800 bits per heavy atom. The van der Waals surface area contributed by atoms with E-state index < -0.39 is 20.0 Å². The number of esters is 1. The van der Waals surface area contributed by atoms with Crippen LogP contribution in [-0.4, -0.2) is 32.6 Å². The molecule has 4 rings (SSSR count). The van der Waals surface area contributed by atoms with Gasteiger partial charge in [0.05, 0.1) is 35.3 Å². The predicted molar refractivity (Wildman–Crippen MR) is 130 cm³/mol. The molecule has 0 radical (unpaired) electrons. The number of rotatable bonds is 7. The van der Waals surface area contributed by atoms with E-state index in [2.05, 4.69) is 0 Å². The summed E-state index contributed by atoms with van der Waals surface area (Å²) >= 11 is 0. The number of methoxy groups -OCH3 is 2. The fourth-order valence-corrected chi connectivity index (χ4v) is 3.59. The summed E-state index contributed by atoms with van der Waals surface area (Å²) in [5.74, 6) is -1.07. The summed E-state index contributed by atoms with van der Waals surface area (Å²) in [6.45, 7) is 2.08. The van der Waals surface area contributed by atoms with Crippen LogP contribution in [0.2, 0.25) is 0 Å². The first-order valence-corrected chi connectivity index (χ1v) is 10.5. The molecule has 0 bridgehead atoms. The second-order valence-electron chi connectivity index (χ2n) is 7.33. The van der Waals surface area contributed by atoms with Crippen molar-refractivity contribution in [2.75, 3.05) is 20.7 Å². The summed E-state index contributed by atoms with van der Waals surface area (Å²) in [5.41, 5.74) is 1.34. The molecule has 6 nitrogen and oxygen atoms in total. The van der Waals surface area contributed by atoms with Crippen molar-refractivity contribution in [2.45, 2.75) is 19.8 Å². The third-order valence-electron chi connectivity index (χ3n) is 5.10. The number of aliphatic carboxylic acids is 1. The second kappa shape index (κ2) is 13.7. The molecule has 0 saturated carbocycles. The number of hydrogen-bond acceptors (Lipinski definition) is 6. The molecule has 0 heterocycles. The molecule has 176 valence electrons. The maximum absolute atomic E-state index is 11.6. The molecule has 4 aromatic carbocycles. The number of benzene rings is 4. The van der Waals surface area contributed by atoms with E-state index in [4.69, 9.17) is 22.4 Å². The van der Waals surface area contributed by atoms with Crippen molar-refractivity contribution in [1.82, 2.24) is 0 Å². The van der Waals surface area contributed by atoms with E-state index in [1.54, 1.807) is 43.3 Å². The SMILES string of the molecule is [2H]C([2H])([2H])Oc1ccc2cccc(CC(=O)OCC)c2c1.[2H]C([2H])([2H])Oc1ccc2cccc(CC(=O)[O-])c2c1.[Na+]. The molecular formula is C28H27NaO6. The molecule has 4 aromatic rings. The van der Waals surface area contributed by atoms with Gasteiger partial charge in [0, 0.05) is 12.4 Å². The number of carboxylic acids is 1. The van der Waals surface area contributed by atoms with Crippen LogP contribution in [0.3, 0.4) is 0 Å². The molecule has 0 unspecified atom stereocenters. The Kier molecular flexibility index (Phi) is 7.91. The maximum atomic E-state index is 11.6. The van der Waals surface area contributed by atoms with Crippen LogP contribution < -0.4 is 44.1 Å². The quantitative estimate of drug-likeness (QED) is 0.286. The summed E-state index contributed by atoms with van der Waals surface area (Å²) in [5, 5.41) is 13.9. The first kappa shape index (κ1) is 20.2. The summed E-state index contributed by atoms with van der Waals surface area (Å²) < 4.78 is 57.2. The average Bonchev–Trinajstić information content (AvgIpc) is 2.83. The van der Waals surface area contributed by atoms with Gasteiger partial charge in [0.25, 0.3) is 0 Å². The summed E-state index contributed by atoms with van der Waals surface area (Å²) in [4.78, 5) is 22.3. The van der Waals surface area contributed by atoms with Crippen LogP contribution in [0.25, 0.3) is 21.5 Å². The molecule has 0 aliphatic carbocycles. The third kappa shape index (κ3) is 7.72. The molecule has 0 saturated heterocycles. The van der Waals surface area contributed by atoms with Crippen molar-refractivity contribution in [3.63, 3.8) is 0 Å². The molecule has 0 aliphatic heterocycles. The molecule has 0 fully saturated rings. The van der Waals surface area contributed by atoms with Crippen LogP contribution in [0.1, 0.15) is 26.3 Å². The van der Waals surface area contributed by atoms with E-state index in [1.165, 1.54) is 12.1 Å². The predicted octanol–water partition coefficient (Wildman–Crippen LogP) is 1.10. The van der Waals surface area contributed by atoms with Crippen molar-refractivity contribution >= 4 is 33.5 Å². The molecule has 0 amide bonds. The molecule has 0 aromatic heterocycles. The Bertz CT molecular complexity index is 1500. The van der Waals surface area contributed by atoms with Gasteiger partial charge in [0.1, 0.15) is 11.5 Å². The van der Waals surface area contributed by atoms with E-state index in [1.807, 2.05) is 24.3 Å². The van der Waals surface area contributed by atoms with Gasteiger partial charge in [-0.15, -0.1) is 0 Å². The Morgan fingerprint density at radius 3 is 1.77 bits per heavy atom. The Labute approximate surface area is 235 Å². The summed E-state index contributed by atoms with van der Waals surface area (Å²) in [6, 6.07) is 20.5. The van der Waals surface area contributed by atoms with Gasteiger partial charge in [-0.1, -0.05) is 48.5 Å². The molecular weight excluding hydrogens is 455 g/mol. The molecule has 35 heavy (non-hydrogen) atoms. The maximum Gasteiger partial charge on any atom is 1.00 e. The third-order valence-corrected chi connectivity index (χ3v) is 5.10. The normalized spacial score (nSPS) is 13.3. The second-order valence-corrected chi connectivity index (χ2v) is 7.33. The number of carbonyl (C=O) groups excluding carboxylic acids is 2. The fraction of sp³-hybridized carbons (Fsp3) is 0.214. The first-order chi connectivity index (χ1) is 18.7. The Morgan fingerprint density at radius 2 is 1.31 bits per heavy atom. The van der Waals surface area contributed by atoms with Crippen LogP contribution in [0.5, 0.6) is 11.5 Å². The van der Waals surface area contributed by atoms with Gasteiger partial charge < -0.3 is 24.1 Å². The van der Waals surface area contributed by atoms with Crippen molar-refractivity contribution < 1.29 is 66.7 Å². The van der Waals surface area contributed by atoms with E-state index in [0.29, 0.717) is 17.6 Å². The zero-order valence-electron chi connectivity index (χ0n) is 25.5. The van der Waals surface area contributed by atoms with Gasteiger partial charge in [-0.2, -0.15) is 0 Å². The van der Waals surface area contributed by atoms with Gasteiger partial charge in [-0.05, 0) is 63.9 Å². The number of hydrogen-bond donors (Lipinski definition) is 0. The van der Waals surface area contributed by atoms with Crippen molar-refractivity contribution in [3.8, 4) is 11.5 Å².